The maximum absolute atomic E-state index is 11.0. The van der Waals surface area contributed by atoms with Crippen LogP contribution in [-0.4, -0.2) is 41.1 Å². The minimum atomic E-state index is -0.866. The van der Waals surface area contributed by atoms with Gasteiger partial charge >= 0.3 is 5.97 Å². The summed E-state index contributed by atoms with van der Waals surface area (Å²) in [5, 5.41) is 12.5. The molecule has 2 atom stereocenters. The molecule has 2 N–H and O–H groups in total. The van der Waals surface area contributed by atoms with Crippen molar-refractivity contribution in [1.82, 2.24) is 4.90 Å². The Morgan fingerprint density at radius 2 is 2.21 bits per heavy atom. The number of hydrogen-bond donors (Lipinski definition) is 2. The Morgan fingerprint density at radius 3 is 3.05 bits per heavy atom. The largest absolute Gasteiger partial charge is 0.478 e. The molecule has 0 spiro atoms. The Balaban J connectivity index is 1.65. The third-order valence-corrected chi connectivity index (χ3v) is 4.30. The SMILES string of the molecule is O=C(O)c1cccc(NC2CCN3CCCC3C2)c1. The van der Waals surface area contributed by atoms with Gasteiger partial charge in [-0.05, 0) is 50.4 Å². The van der Waals surface area contributed by atoms with Crippen LogP contribution in [0, 0.1) is 0 Å². The lowest BCUT2D eigenvalue weighted by Crippen LogP contribution is -2.42. The van der Waals surface area contributed by atoms with Gasteiger partial charge in [0.25, 0.3) is 0 Å². The van der Waals surface area contributed by atoms with E-state index in [1.54, 1.807) is 18.2 Å². The normalized spacial score (nSPS) is 26.9. The first kappa shape index (κ1) is 12.5. The summed E-state index contributed by atoms with van der Waals surface area (Å²) in [6.45, 7) is 2.42. The average molecular weight is 260 g/mol. The van der Waals surface area contributed by atoms with Crippen LogP contribution < -0.4 is 5.32 Å². The highest BCUT2D eigenvalue weighted by Crippen LogP contribution is 2.28. The topological polar surface area (TPSA) is 52.6 Å². The van der Waals surface area contributed by atoms with Crippen molar-refractivity contribution in [3.63, 3.8) is 0 Å². The van der Waals surface area contributed by atoms with Crippen molar-refractivity contribution < 1.29 is 9.90 Å². The number of carbonyl (C=O) groups is 1. The number of carboxylic acid groups (broad SMARTS) is 1. The lowest BCUT2D eigenvalue weighted by atomic mass is 9.97. The van der Waals surface area contributed by atoms with Gasteiger partial charge in [-0.15, -0.1) is 0 Å². The van der Waals surface area contributed by atoms with E-state index >= 15 is 0 Å². The molecule has 0 amide bonds. The first-order chi connectivity index (χ1) is 9.22. The fourth-order valence-electron chi connectivity index (χ4n) is 3.33. The van der Waals surface area contributed by atoms with Crippen LogP contribution in [0.4, 0.5) is 5.69 Å². The third-order valence-electron chi connectivity index (χ3n) is 4.30. The highest BCUT2D eigenvalue weighted by molar-refractivity contribution is 5.88. The molecule has 4 nitrogen and oxygen atoms in total. The summed E-state index contributed by atoms with van der Waals surface area (Å²) in [5.74, 6) is -0.866. The molecule has 2 unspecified atom stereocenters. The Hall–Kier alpha value is -1.55. The molecule has 1 aromatic carbocycles. The van der Waals surface area contributed by atoms with Gasteiger partial charge in [0.15, 0.2) is 0 Å². The molecule has 2 aliphatic rings. The number of rotatable bonds is 3. The monoisotopic (exact) mass is 260 g/mol. The Morgan fingerprint density at radius 1 is 1.32 bits per heavy atom. The molecule has 3 rings (SSSR count). The predicted octanol–water partition coefficient (Wildman–Crippen LogP) is 2.42. The number of nitrogens with one attached hydrogen (secondary N) is 1. The van der Waals surface area contributed by atoms with Crippen molar-refractivity contribution in [2.24, 2.45) is 0 Å². The molecule has 19 heavy (non-hydrogen) atoms. The number of hydrogen-bond acceptors (Lipinski definition) is 3. The van der Waals surface area contributed by atoms with Gasteiger partial charge < -0.3 is 15.3 Å². The van der Waals surface area contributed by atoms with E-state index in [2.05, 4.69) is 10.2 Å². The number of fused-ring (bicyclic) bond motifs is 1. The first-order valence-corrected chi connectivity index (χ1v) is 7.06. The van der Waals surface area contributed by atoms with Gasteiger partial charge in [-0.25, -0.2) is 4.79 Å². The van der Waals surface area contributed by atoms with Crippen LogP contribution >= 0.6 is 0 Å². The van der Waals surface area contributed by atoms with Gasteiger partial charge in [-0.2, -0.15) is 0 Å². The second-order valence-corrected chi connectivity index (χ2v) is 5.58. The summed E-state index contributed by atoms with van der Waals surface area (Å²) in [7, 11) is 0. The molecule has 4 heteroatoms. The number of aromatic carboxylic acids is 1. The average Bonchev–Trinajstić information content (AvgIpc) is 2.86. The van der Waals surface area contributed by atoms with Crippen LogP contribution in [0.5, 0.6) is 0 Å². The zero-order valence-electron chi connectivity index (χ0n) is 11.0. The van der Waals surface area contributed by atoms with Crippen LogP contribution in [0.3, 0.4) is 0 Å². The Bertz CT molecular complexity index is 475. The lowest BCUT2D eigenvalue weighted by Gasteiger charge is -2.35. The molecule has 2 heterocycles. The molecule has 2 saturated heterocycles. The second-order valence-electron chi connectivity index (χ2n) is 5.58. The summed E-state index contributed by atoms with van der Waals surface area (Å²) in [4.78, 5) is 13.5. The lowest BCUT2D eigenvalue weighted by molar-refractivity contribution is 0.0697. The van der Waals surface area contributed by atoms with Crippen molar-refractivity contribution in [3.05, 3.63) is 29.8 Å². The quantitative estimate of drug-likeness (QED) is 0.876. The highest BCUT2D eigenvalue weighted by Gasteiger charge is 2.31. The minimum Gasteiger partial charge on any atom is -0.478 e. The standard InChI is InChI=1S/C15H20N2O2/c18-15(19)11-3-1-4-12(9-11)16-13-6-8-17-7-2-5-14(17)10-13/h1,3-4,9,13-14,16H,2,5-8,10H2,(H,18,19). The summed E-state index contributed by atoms with van der Waals surface area (Å²) in [5.41, 5.74) is 1.28. The van der Waals surface area contributed by atoms with Crippen molar-refractivity contribution >= 4 is 11.7 Å². The summed E-state index contributed by atoms with van der Waals surface area (Å²) in [6, 6.07) is 8.32. The smallest absolute Gasteiger partial charge is 0.335 e. The molecule has 0 saturated carbocycles. The number of piperidine rings is 1. The van der Waals surface area contributed by atoms with Crippen LogP contribution in [0.25, 0.3) is 0 Å². The Kier molecular flexibility index (Phi) is 3.42. The van der Waals surface area contributed by atoms with Gasteiger partial charge in [0, 0.05) is 24.3 Å². The summed E-state index contributed by atoms with van der Waals surface area (Å²) < 4.78 is 0. The third kappa shape index (κ3) is 2.73. The van der Waals surface area contributed by atoms with Gasteiger partial charge in [-0.1, -0.05) is 6.07 Å². The van der Waals surface area contributed by atoms with Gasteiger partial charge in [0.05, 0.1) is 5.56 Å². The molecule has 0 aliphatic carbocycles. The molecular formula is C15H20N2O2. The van der Waals surface area contributed by atoms with E-state index in [1.165, 1.54) is 32.4 Å². The molecule has 0 radical (unpaired) electrons. The number of carboxylic acids is 1. The molecular weight excluding hydrogens is 240 g/mol. The maximum atomic E-state index is 11.0. The number of benzene rings is 1. The van der Waals surface area contributed by atoms with E-state index in [4.69, 9.17) is 5.11 Å². The first-order valence-electron chi connectivity index (χ1n) is 7.06. The van der Waals surface area contributed by atoms with E-state index in [1.807, 2.05) is 6.07 Å². The maximum Gasteiger partial charge on any atom is 0.335 e. The molecule has 1 aromatic rings. The van der Waals surface area contributed by atoms with Crippen molar-refractivity contribution in [2.45, 2.75) is 37.8 Å². The van der Waals surface area contributed by atoms with Crippen LogP contribution in [0.15, 0.2) is 24.3 Å². The predicted molar refractivity (Wildman–Crippen MR) is 74.6 cm³/mol. The molecule has 102 valence electrons. The fourth-order valence-corrected chi connectivity index (χ4v) is 3.33. The molecule has 2 aliphatic heterocycles. The number of nitrogens with zero attached hydrogens (tertiary/aromatic N) is 1. The van der Waals surface area contributed by atoms with Crippen LogP contribution in [0.2, 0.25) is 0 Å². The number of anilines is 1. The molecule has 0 aromatic heterocycles. The molecule has 2 fully saturated rings. The second kappa shape index (κ2) is 5.21. The van der Waals surface area contributed by atoms with Crippen molar-refractivity contribution in [3.8, 4) is 0 Å². The van der Waals surface area contributed by atoms with Crippen LogP contribution in [0.1, 0.15) is 36.0 Å². The highest BCUT2D eigenvalue weighted by atomic mass is 16.4. The van der Waals surface area contributed by atoms with Crippen molar-refractivity contribution in [1.29, 1.82) is 0 Å². The van der Waals surface area contributed by atoms with E-state index < -0.39 is 5.97 Å². The molecule has 0 bridgehead atoms. The van der Waals surface area contributed by atoms with Gasteiger partial charge in [-0.3, -0.25) is 0 Å². The van der Waals surface area contributed by atoms with E-state index in [0.717, 1.165) is 18.2 Å². The van der Waals surface area contributed by atoms with E-state index in [9.17, 15) is 4.79 Å². The van der Waals surface area contributed by atoms with E-state index in [-0.39, 0.29) is 0 Å². The zero-order valence-corrected chi connectivity index (χ0v) is 11.0. The Labute approximate surface area is 113 Å². The zero-order chi connectivity index (χ0) is 13.2. The van der Waals surface area contributed by atoms with E-state index in [0.29, 0.717) is 11.6 Å². The van der Waals surface area contributed by atoms with Gasteiger partial charge in [0.2, 0.25) is 0 Å². The summed E-state index contributed by atoms with van der Waals surface area (Å²) in [6.07, 6.45) is 4.96. The van der Waals surface area contributed by atoms with Crippen molar-refractivity contribution in [2.75, 3.05) is 18.4 Å². The van der Waals surface area contributed by atoms with Gasteiger partial charge in [0.1, 0.15) is 0 Å². The fraction of sp³-hybridized carbons (Fsp3) is 0.533. The summed E-state index contributed by atoms with van der Waals surface area (Å²) >= 11 is 0. The van der Waals surface area contributed by atoms with Crippen LogP contribution in [-0.2, 0) is 0 Å². The minimum absolute atomic E-state index is 0.350.